The largest absolute Gasteiger partial charge is 0.497 e. The minimum absolute atomic E-state index is 0.0227. The molecule has 0 fully saturated rings. The first-order valence-electron chi connectivity index (χ1n) is 9.99. The van der Waals surface area contributed by atoms with E-state index in [1.807, 2.05) is 55.5 Å². The Morgan fingerprint density at radius 1 is 0.903 bits per heavy atom. The van der Waals surface area contributed by atoms with Gasteiger partial charge in [0, 0.05) is 22.0 Å². The van der Waals surface area contributed by atoms with Crippen LogP contribution in [0, 0.1) is 0 Å². The second kappa shape index (κ2) is 10.7. The van der Waals surface area contributed by atoms with E-state index in [2.05, 4.69) is 5.32 Å². The van der Waals surface area contributed by atoms with Gasteiger partial charge in [0.05, 0.1) is 7.11 Å². The SMILES string of the molecule is COc1ccc(C(O)C(=O)NC(C)C(Cc2ccc(Cl)cc2)c2ccc(Cl)cc2)cc1. The van der Waals surface area contributed by atoms with Gasteiger partial charge in [0.25, 0.3) is 5.91 Å². The van der Waals surface area contributed by atoms with E-state index in [0.717, 1.165) is 11.1 Å². The van der Waals surface area contributed by atoms with Crippen LogP contribution in [0.15, 0.2) is 72.8 Å². The maximum atomic E-state index is 12.8. The van der Waals surface area contributed by atoms with Crippen molar-refractivity contribution in [3.8, 4) is 5.75 Å². The van der Waals surface area contributed by atoms with Crippen LogP contribution in [0.2, 0.25) is 10.0 Å². The van der Waals surface area contributed by atoms with E-state index in [9.17, 15) is 9.90 Å². The van der Waals surface area contributed by atoms with E-state index in [-0.39, 0.29) is 12.0 Å². The van der Waals surface area contributed by atoms with Crippen LogP contribution in [0.5, 0.6) is 5.75 Å². The highest BCUT2D eigenvalue weighted by Gasteiger charge is 2.25. The molecule has 0 saturated heterocycles. The maximum absolute atomic E-state index is 12.8. The number of aliphatic hydroxyl groups is 1. The zero-order valence-electron chi connectivity index (χ0n) is 17.4. The molecule has 162 valence electrons. The van der Waals surface area contributed by atoms with Gasteiger partial charge >= 0.3 is 0 Å². The molecule has 4 nitrogen and oxygen atoms in total. The predicted octanol–water partition coefficient (Wildman–Crippen LogP) is 5.57. The Morgan fingerprint density at radius 2 is 1.42 bits per heavy atom. The number of ether oxygens (including phenoxy) is 1. The quantitative estimate of drug-likeness (QED) is 0.464. The number of hydrogen-bond acceptors (Lipinski definition) is 3. The fraction of sp³-hybridized carbons (Fsp3) is 0.240. The molecule has 0 aliphatic heterocycles. The van der Waals surface area contributed by atoms with Crippen LogP contribution in [-0.4, -0.2) is 24.2 Å². The molecule has 6 heteroatoms. The number of carbonyl (C=O) groups excluding carboxylic acids is 1. The smallest absolute Gasteiger partial charge is 0.253 e. The Labute approximate surface area is 192 Å². The number of carbonyl (C=O) groups is 1. The molecular weight excluding hydrogens is 433 g/mol. The molecule has 3 atom stereocenters. The highest BCUT2D eigenvalue weighted by atomic mass is 35.5. The minimum Gasteiger partial charge on any atom is -0.497 e. The lowest BCUT2D eigenvalue weighted by atomic mass is 9.86. The van der Waals surface area contributed by atoms with Crippen LogP contribution in [0.3, 0.4) is 0 Å². The number of rotatable bonds is 8. The molecular formula is C25H25Cl2NO3. The molecule has 0 heterocycles. The van der Waals surface area contributed by atoms with Gasteiger partial charge in [0.15, 0.2) is 6.10 Å². The van der Waals surface area contributed by atoms with Crippen molar-refractivity contribution in [3.05, 3.63) is 99.5 Å². The number of halogens is 2. The molecule has 0 aliphatic carbocycles. The number of methoxy groups -OCH3 is 1. The molecule has 3 rings (SSSR count). The Balaban J connectivity index is 1.77. The first kappa shape index (κ1) is 23.1. The molecule has 0 spiro atoms. The Hall–Kier alpha value is -2.53. The minimum atomic E-state index is -1.27. The molecule has 0 bridgehead atoms. The maximum Gasteiger partial charge on any atom is 0.253 e. The van der Waals surface area contributed by atoms with Crippen molar-refractivity contribution in [2.75, 3.05) is 7.11 Å². The summed E-state index contributed by atoms with van der Waals surface area (Å²) in [6, 6.07) is 21.8. The van der Waals surface area contributed by atoms with Gasteiger partial charge in [-0.2, -0.15) is 0 Å². The molecule has 2 N–H and O–H groups in total. The molecule has 1 amide bonds. The van der Waals surface area contributed by atoms with Gasteiger partial charge in [-0.1, -0.05) is 59.6 Å². The number of amides is 1. The lowest BCUT2D eigenvalue weighted by Crippen LogP contribution is -2.40. The normalized spacial score (nSPS) is 13.8. The van der Waals surface area contributed by atoms with E-state index in [0.29, 0.717) is 27.8 Å². The van der Waals surface area contributed by atoms with Gasteiger partial charge in [-0.05, 0) is 66.4 Å². The monoisotopic (exact) mass is 457 g/mol. The average molecular weight is 458 g/mol. The summed E-state index contributed by atoms with van der Waals surface area (Å²) in [5.41, 5.74) is 2.65. The molecule has 31 heavy (non-hydrogen) atoms. The molecule has 0 aliphatic rings. The van der Waals surface area contributed by atoms with Crippen molar-refractivity contribution in [2.24, 2.45) is 0 Å². The first-order valence-corrected chi connectivity index (χ1v) is 10.7. The fourth-order valence-corrected chi connectivity index (χ4v) is 3.76. The van der Waals surface area contributed by atoms with E-state index in [4.69, 9.17) is 27.9 Å². The second-order valence-electron chi connectivity index (χ2n) is 7.46. The molecule has 0 saturated carbocycles. The molecule has 0 radical (unpaired) electrons. The summed E-state index contributed by atoms with van der Waals surface area (Å²) >= 11 is 12.1. The van der Waals surface area contributed by atoms with Crippen molar-refractivity contribution in [1.82, 2.24) is 5.32 Å². The van der Waals surface area contributed by atoms with Crippen molar-refractivity contribution >= 4 is 29.1 Å². The van der Waals surface area contributed by atoms with E-state index in [1.165, 1.54) is 0 Å². The van der Waals surface area contributed by atoms with Crippen LogP contribution in [0.1, 0.15) is 35.6 Å². The van der Waals surface area contributed by atoms with Gasteiger partial charge in [0.1, 0.15) is 5.75 Å². The number of aliphatic hydroxyl groups excluding tert-OH is 1. The van der Waals surface area contributed by atoms with Crippen LogP contribution in [-0.2, 0) is 11.2 Å². The fourth-order valence-electron chi connectivity index (χ4n) is 3.51. The standard InChI is InChI=1S/C25H25Cl2NO3/c1-16(28-25(30)24(29)19-7-13-22(31-2)14-8-19)23(18-5-11-21(27)12-6-18)15-17-3-9-20(26)10-4-17/h3-14,16,23-24,29H,15H2,1-2H3,(H,28,30). The first-order chi connectivity index (χ1) is 14.9. The van der Waals surface area contributed by atoms with E-state index in [1.54, 1.807) is 31.4 Å². The molecule has 3 unspecified atom stereocenters. The highest BCUT2D eigenvalue weighted by Crippen LogP contribution is 2.27. The Bertz CT molecular complexity index is 989. The Morgan fingerprint density at radius 3 is 1.97 bits per heavy atom. The molecule has 0 aromatic heterocycles. The zero-order valence-corrected chi connectivity index (χ0v) is 18.9. The van der Waals surface area contributed by atoms with Gasteiger partial charge < -0.3 is 15.2 Å². The zero-order chi connectivity index (χ0) is 22.4. The lowest BCUT2D eigenvalue weighted by Gasteiger charge is -2.27. The van der Waals surface area contributed by atoms with Crippen LogP contribution >= 0.6 is 23.2 Å². The van der Waals surface area contributed by atoms with Crippen LogP contribution in [0.25, 0.3) is 0 Å². The average Bonchev–Trinajstić information content (AvgIpc) is 2.79. The van der Waals surface area contributed by atoms with Crippen molar-refractivity contribution in [2.45, 2.75) is 31.4 Å². The summed E-state index contributed by atoms with van der Waals surface area (Å²) in [5, 5.41) is 14.8. The third-order valence-electron chi connectivity index (χ3n) is 5.32. The van der Waals surface area contributed by atoms with Gasteiger partial charge in [-0.15, -0.1) is 0 Å². The third-order valence-corrected chi connectivity index (χ3v) is 5.82. The Kier molecular flexibility index (Phi) is 7.97. The van der Waals surface area contributed by atoms with Crippen LogP contribution < -0.4 is 10.1 Å². The summed E-state index contributed by atoms with van der Waals surface area (Å²) < 4.78 is 5.13. The summed E-state index contributed by atoms with van der Waals surface area (Å²) in [7, 11) is 1.57. The summed E-state index contributed by atoms with van der Waals surface area (Å²) in [5.74, 6) is 0.189. The topological polar surface area (TPSA) is 58.6 Å². The molecule has 3 aromatic rings. The van der Waals surface area contributed by atoms with Gasteiger partial charge in [-0.3, -0.25) is 4.79 Å². The van der Waals surface area contributed by atoms with E-state index < -0.39 is 12.0 Å². The third kappa shape index (κ3) is 6.23. The van der Waals surface area contributed by atoms with Crippen molar-refractivity contribution < 1.29 is 14.6 Å². The number of nitrogens with one attached hydrogen (secondary N) is 1. The summed E-state index contributed by atoms with van der Waals surface area (Å²) in [6.45, 7) is 1.94. The van der Waals surface area contributed by atoms with Gasteiger partial charge in [-0.25, -0.2) is 0 Å². The second-order valence-corrected chi connectivity index (χ2v) is 8.33. The van der Waals surface area contributed by atoms with Gasteiger partial charge in [0.2, 0.25) is 0 Å². The lowest BCUT2D eigenvalue weighted by molar-refractivity contribution is -0.130. The van der Waals surface area contributed by atoms with Crippen molar-refractivity contribution in [3.63, 3.8) is 0 Å². The number of benzene rings is 3. The highest BCUT2D eigenvalue weighted by molar-refractivity contribution is 6.30. The summed E-state index contributed by atoms with van der Waals surface area (Å²) in [6.07, 6.45) is -0.575. The predicted molar refractivity (Wildman–Crippen MR) is 125 cm³/mol. The number of hydrogen-bond donors (Lipinski definition) is 2. The molecule has 3 aromatic carbocycles. The summed E-state index contributed by atoms with van der Waals surface area (Å²) in [4.78, 5) is 12.8. The van der Waals surface area contributed by atoms with Crippen LogP contribution in [0.4, 0.5) is 0 Å². The van der Waals surface area contributed by atoms with Crippen molar-refractivity contribution in [1.29, 1.82) is 0 Å². The van der Waals surface area contributed by atoms with E-state index >= 15 is 0 Å².